The van der Waals surface area contributed by atoms with Crippen molar-refractivity contribution in [3.8, 4) is 0 Å². The van der Waals surface area contributed by atoms with Crippen LogP contribution in [0.2, 0.25) is 10.3 Å². The fraction of sp³-hybridized carbons (Fsp3) is 0.583. The first-order valence-electron chi connectivity index (χ1n) is 6.24. The molecule has 104 valence electrons. The molecule has 5 nitrogen and oxygen atoms in total. The zero-order valence-electron chi connectivity index (χ0n) is 10.8. The molecule has 1 aromatic heterocycles. The molecule has 1 aromatic rings. The Morgan fingerprint density at radius 2 is 2.05 bits per heavy atom. The third kappa shape index (κ3) is 3.78. The number of hydrogen-bond donors (Lipinski definition) is 0. The Hall–Kier alpha value is -0.910. The van der Waals surface area contributed by atoms with Gasteiger partial charge in [0.05, 0.1) is 5.56 Å². The van der Waals surface area contributed by atoms with E-state index in [0.717, 1.165) is 19.6 Å². The standard InChI is InChI=1S/C12H16Cl2N4O/c1-17(6-7-18-4-2-3-5-18)12(19)9-8-10(13)15-16-11(9)14/h8H,2-7H2,1H3. The molecule has 0 N–H and O–H groups in total. The number of likely N-dealkylation sites (N-methyl/N-ethyl adjacent to an activating group) is 1. The van der Waals surface area contributed by atoms with Gasteiger partial charge in [-0.3, -0.25) is 4.79 Å². The van der Waals surface area contributed by atoms with Gasteiger partial charge in [0.25, 0.3) is 5.91 Å². The Morgan fingerprint density at radius 1 is 1.37 bits per heavy atom. The summed E-state index contributed by atoms with van der Waals surface area (Å²) in [6, 6.07) is 1.45. The van der Waals surface area contributed by atoms with Crippen LogP contribution in [0.3, 0.4) is 0 Å². The Kier molecular flexibility index (Phi) is 4.96. The smallest absolute Gasteiger partial charge is 0.256 e. The number of carbonyl (C=O) groups excluding carboxylic acids is 1. The zero-order chi connectivity index (χ0) is 13.8. The van der Waals surface area contributed by atoms with Gasteiger partial charge in [0.15, 0.2) is 10.3 Å². The monoisotopic (exact) mass is 302 g/mol. The highest BCUT2D eigenvalue weighted by atomic mass is 35.5. The largest absolute Gasteiger partial charge is 0.340 e. The average Bonchev–Trinajstić information content (AvgIpc) is 2.91. The fourth-order valence-electron chi connectivity index (χ4n) is 2.11. The molecule has 7 heteroatoms. The molecule has 1 aliphatic heterocycles. The van der Waals surface area contributed by atoms with Crippen LogP contribution in [0.25, 0.3) is 0 Å². The van der Waals surface area contributed by atoms with E-state index >= 15 is 0 Å². The molecule has 0 aromatic carbocycles. The molecule has 1 aliphatic rings. The first-order valence-corrected chi connectivity index (χ1v) is 7.00. The van der Waals surface area contributed by atoms with E-state index in [1.807, 2.05) is 0 Å². The molecular weight excluding hydrogens is 287 g/mol. The lowest BCUT2D eigenvalue weighted by atomic mass is 10.2. The van der Waals surface area contributed by atoms with E-state index in [2.05, 4.69) is 15.1 Å². The second-order valence-corrected chi connectivity index (χ2v) is 5.39. The number of rotatable bonds is 4. The topological polar surface area (TPSA) is 49.3 Å². The molecular formula is C12H16Cl2N4O. The number of amides is 1. The summed E-state index contributed by atoms with van der Waals surface area (Å²) in [5.74, 6) is -0.180. The van der Waals surface area contributed by atoms with Crippen molar-refractivity contribution in [1.82, 2.24) is 20.0 Å². The number of likely N-dealkylation sites (tertiary alicyclic amines) is 1. The highest BCUT2D eigenvalue weighted by molar-refractivity contribution is 6.34. The van der Waals surface area contributed by atoms with Crippen molar-refractivity contribution in [2.24, 2.45) is 0 Å². The van der Waals surface area contributed by atoms with Crippen LogP contribution in [-0.4, -0.2) is 59.1 Å². The Morgan fingerprint density at radius 3 is 2.74 bits per heavy atom. The molecule has 2 rings (SSSR count). The molecule has 0 atom stereocenters. The number of halogens is 2. The molecule has 1 fully saturated rings. The lowest BCUT2D eigenvalue weighted by molar-refractivity contribution is 0.0782. The average molecular weight is 303 g/mol. The first kappa shape index (κ1) is 14.5. The summed E-state index contributed by atoms with van der Waals surface area (Å²) in [6.45, 7) is 3.78. The number of hydrogen-bond acceptors (Lipinski definition) is 4. The SMILES string of the molecule is CN(CCN1CCCC1)C(=O)c1cc(Cl)nnc1Cl. The molecule has 0 spiro atoms. The quantitative estimate of drug-likeness (QED) is 0.853. The molecule has 0 saturated carbocycles. The maximum Gasteiger partial charge on any atom is 0.256 e. The summed E-state index contributed by atoms with van der Waals surface area (Å²) in [5, 5.41) is 7.49. The first-order chi connectivity index (χ1) is 9.08. The van der Waals surface area contributed by atoms with E-state index < -0.39 is 0 Å². The summed E-state index contributed by atoms with van der Waals surface area (Å²) < 4.78 is 0. The second kappa shape index (κ2) is 6.50. The number of nitrogens with zero attached hydrogens (tertiary/aromatic N) is 4. The minimum Gasteiger partial charge on any atom is -0.340 e. The Labute approximate surface area is 122 Å². The van der Waals surface area contributed by atoms with E-state index in [0.29, 0.717) is 12.1 Å². The van der Waals surface area contributed by atoms with Gasteiger partial charge in [-0.1, -0.05) is 23.2 Å². The van der Waals surface area contributed by atoms with Crippen molar-refractivity contribution in [2.75, 3.05) is 33.2 Å². The summed E-state index contributed by atoms with van der Waals surface area (Å²) >= 11 is 11.6. The van der Waals surface area contributed by atoms with Crippen molar-refractivity contribution >= 4 is 29.1 Å². The van der Waals surface area contributed by atoms with Crippen molar-refractivity contribution in [2.45, 2.75) is 12.8 Å². The summed E-state index contributed by atoms with van der Waals surface area (Å²) in [6.07, 6.45) is 2.49. The third-order valence-electron chi connectivity index (χ3n) is 3.25. The summed E-state index contributed by atoms with van der Waals surface area (Å²) in [5.41, 5.74) is 0.297. The maximum atomic E-state index is 12.2. The second-order valence-electron chi connectivity index (χ2n) is 4.65. The molecule has 2 heterocycles. The van der Waals surface area contributed by atoms with E-state index in [1.54, 1.807) is 11.9 Å². The normalized spacial score (nSPS) is 15.7. The fourth-order valence-corrected chi connectivity index (χ4v) is 2.43. The minimum absolute atomic E-state index is 0.0856. The van der Waals surface area contributed by atoms with Crippen molar-refractivity contribution < 1.29 is 4.79 Å². The van der Waals surface area contributed by atoms with Crippen molar-refractivity contribution in [3.05, 3.63) is 21.9 Å². The van der Waals surface area contributed by atoms with Gasteiger partial charge in [0.1, 0.15) is 0 Å². The highest BCUT2D eigenvalue weighted by Crippen LogP contribution is 2.17. The van der Waals surface area contributed by atoms with Crippen molar-refractivity contribution in [1.29, 1.82) is 0 Å². The van der Waals surface area contributed by atoms with Gasteiger partial charge in [-0.05, 0) is 32.0 Å². The van der Waals surface area contributed by atoms with Crippen LogP contribution in [-0.2, 0) is 0 Å². The predicted octanol–water partition coefficient (Wildman–Crippen LogP) is 1.95. The minimum atomic E-state index is -0.180. The van der Waals surface area contributed by atoms with Gasteiger partial charge >= 0.3 is 0 Å². The van der Waals surface area contributed by atoms with Gasteiger partial charge in [-0.25, -0.2) is 0 Å². The lowest BCUT2D eigenvalue weighted by Crippen LogP contribution is -2.35. The van der Waals surface area contributed by atoms with E-state index in [4.69, 9.17) is 23.2 Å². The zero-order valence-corrected chi connectivity index (χ0v) is 12.3. The lowest BCUT2D eigenvalue weighted by Gasteiger charge is -2.21. The molecule has 0 radical (unpaired) electrons. The molecule has 19 heavy (non-hydrogen) atoms. The van der Waals surface area contributed by atoms with Gasteiger partial charge in [-0.15, -0.1) is 10.2 Å². The molecule has 0 aliphatic carbocycles. The molecule has 1 amide bonds. The van der Waals surface area contributed by atoms with Crippen LogP contribution in [0.4, 0.5) is 0 Å². The third-order valence-corrected chi connectivity index (χ3v) is 3.71. The van der Waals surface area contributed by atoms with E-state index in [1.165, 1.54) is 18.9 Å². The molecule has 0 bridgehead atoms. The van der Waals surface area contributed by atoms with E-state index in [-0.39, 0.29) is 16.2 Å². The summed E-state index contributed by atoms with van der Waals surface area (Å²) in [7, 11) is 1.75. The highest BCUT2D eigenvalue weighted by Gasteiger charge is 2.19. The van der Waals surface area contributed by atoms with Gasteiger partial charge < -0.3 is 9.80 Å². The predicted molar refractivity (Wildman–Crippen MR) is 74.7 cm³/mol. The van der Waals surface area contributed by atoms with Crippen molar-refractivity contribution in [3.63, 3.8) is 0 Å². The molecule has 0 unspecified atom stereocenters. The van der Waals surface area contributed by atoms with Gasteiger partial charge in [0, 0.05) is 20.1 Å². The van der Waals surface area contributed by atoms with E-state index in [9.17, 15) is 4.79 Å². The summed E-state index contributed by atoms with van der Waals surface area (Å²) in [4.78, 5) is 16.2. The van der Waals surface area contributed by atoms with Crippen LogP contribution >= 0.6 is 23.2 Å². The maximum absolute atomic E-state index is 12.2. The molecule has 1 saturated heterocycles. The van der Waals surface area contributed by atoms with Crippen LogP contribution in [0.15, 0.2) is 6.07 Å². The van der Waals surface area contributed by atoms with Crippen LogP contribution in [0.1, 0.15) is 23.2 Å². The van der Waals surface area contributed by atoms with Crippen LogP contribution in [0.5, 0.6) is 0 Å². The van der Waals surface area contributed by atoms with Crippen LogP contribution < -0.4 is 0 Å². The Balaban J connectivity index is 1.95. The Bertz CT molecular complexity index is 463. The number of aromatic nitrogens is 2. The van der Waals surface area contributed by atoms with Gasteiger partial charge in [-0.2, -0.15) is 0 Å². The van der Waals surface area contributed by atoms with Crippen LogP contribution in [0, 0.1) is 0 Å². The number of carbonyl (C=O) groups is 1. The van der Waals surface area contributed by atoms with Gasteiger partial charge in [0.2, 0.25) is 0 Å².